The van der Waals surface area contributed by atoms with Crippen LogP contribution in [-0.2, 0) is 12.0 Å². The van der Waals surface area contributed by atoms with E-state index < -0.39 is 0 Å². The van der Waals surface area contributed by atoms with Crippen LogP contribution in [0.5, 0.6) is 5.75 Å². The van der Waals surface area contributed by atoms with E-state index in [4.69, 9.17) is 4.74 Å². The van der Waals surface area contributed by atoms with Crippen molar-refractivity contribution in [3.63, 3.8) is 0 Å². The second kappa shape index (κ2) is 7.27. The predicted molar refractivity (Wildman–Crippen MR) is 114 cm³/mol. The monoisotopic (exact) mass is 492 g/mol. The summed E-state index contributed by atoms with van der Waals surface area (Å²) in [6.45, 7) is 2.93. The summed E-state index contributed by atoms with van der Waals surface area (Å²) in [6, 6.07) is 15.5. The zero-order chi connectivity index (χ0) is 18.4. The SMILES string of the molecule is Cc1cc(OCc2ccccc2)c(C23CC4CC(CC(C4)C2)C3)cc1[Se][SeH]. The van der Waals surface area contributed by atoms with E-state index in [9.17, 15) is 0 Å². The maximum atomic E-state index is 6.49. The predicted octanol–water partition coefficient (Wildman–Crippen LogP) is 4.19. The van der Waals surface area contributed by atoms with E-state index in [1.165, 1.54) is 55.4 Å². The molecule has 27 heavy (non-hydrogen) atoms. The summed E-state index contributed by atoms with van der Waals surface area (Å²) in [5.74, 6) is 4.06. The third kappa shape index (κ3) is 3.42. The van der Waals surface area contributed by atoms with Crippen molar-refractivity contribution in [2.45, 2.75) is 57.5 Å². The van der Waals surface area contributed by atoms with E-state index in [-0.39, 0.29) is 0 Å². The van der Waals surface area contributed by atoms with Gasteiger partial charge in [-0.1, -0.05) is 0 Å². The van der Waals surface area contributed by atoms with Crippen molar-refractivity contribution in [2.75, 3.05) is 0 Å². The van der Waals surface area contributed by atoms with Crippen molar-refractivity contribution in [2.24, 2.45) is 17.8 Å². The molecule has 0 amide bonds. The molecule has 6 rings (SSSR count). The molecule has 0 aliphatic heterocycles. The minimum atomic E-state index is 0.390. The molecule has 4 fully saturated rings. The van der Waals surface area contributed by atoms with Crippen molar-refractivity contribution >= 4 is 31.8 Å². The Morgan fingerprint density at radius 2 is 1.63 bits per heavy atom. The van der Waals surface area contributed by atoms with Crippen molar-refractivity contribution in [3.05, 3.63) is 59.2 Å². The number of rotatable bonds is 5. The molecular weight excluding hydrogens is 462 g/mol. The Morgan fingerprint density at radius 3 is 2.22 bits per heavy atom. The van der Waals surface area contributed by atoms with Gasteiger partial charge in [-0.05, 0) is 0 Å². The maximum absolute atomic E-state index is 6.49. The van der Waals surface area contributed by atoms with Crippen LogP contribution in [0.2, 0.25) is 0 Å². The molecule has 4 saturated carbocycles. The molecule has 0 aromatic heterocycles. The summed E-state index contributed by atoms with van der Waals surface area (Å²) in [6.07, 6.45) is 8.67. The Hall–Kier alpha value is -0.721. The molecule has 0 radical (unpaired) electrons. The Bertz CT molecular complexity index is 794. The summed E-state index contributed by atoms with van der Waals surface area (Å²) in [5, 5.41) is 0. The number of ether oxygens (including phenoxy) is 1. The van der Waals surface area contributed by atoms with Gasteiger partial charge in [-0.15, -0.1) is 0 Å². The standard InChI is InChI=1S/C24H28OSe2/c1-16-7-22(25-15-17-5-3-2-4-6-17)21(11-23(16)27-26)24-12-18-8-19(13-24)10-20(9-18)14-24/h2-7,11,18-20,26H,8-10,12-15H2,1H3. The normalized spacial score (nSPS) is 31.3. The molecule has 0 saturated heterocycles. The topological polar surface area (TPSA) is 9.23 Å². The summed E-state index contributed by atoms with van der Waals surface area (Å²) in [4.78, 5) is 0. The van der Waals surface area contributed by atoms with Gasteiger partial charge in [0.05, 0.1) is 0 Å². The Balaban J connectivity index is 1.52. The number of aryl methyl sites for hydroxylation is 1. The fraction of sp³-hybridized carbons (Fsp3) is 0.500. The second-order valence-electron chi connectivity index (χ2n) is 9.18. The number of benzene rings is 2. The molecule has 2 aromatic carbocycles. The zero-order valence-corrected chi connectivity index (χ0v) is 19.6. The van der Waals surface area contributed by atoms with E-state index in [1.807, 2.05) is 0 Å². The van der Waals surface area contributed by atoms with Gasteiger partial charge >= 0.3 is 177 Å². The van der Waals surface area contributed by atoms with Gasteiger partial charge in [0.25, 0.3) is 0 Å². The molecule has 1 nitrogen and oxygen atoms in total. The van der Waals surface area contributed by atoms with Crippen molar-refractivity contribution in [3.8, 4) is 5.75 Å². The second-order valence-corrected chi connectivity index (χ2v) is 12.5. The summed E-state index contributed by atoms with van der Waals surface area (Å²) in [7, 11) is 0. The minimum absolute atomic E-state index is 0.390. The molecule has 0 N–H and O–H groups in total. The van der Waals surface area contributed by atoms with Crippen molar-refractivity contribution in [1.82, 2.24) is 0 Å². The molecular formula is C24H28OSe2. The van der Waals surface area contributed by atoms with Crippen LogP contribution in [0.25, 0.3) is 0 Å². The number of hydrogen-bond acceptors (Lipinski definition) is 1. The van der Waals surface area contributed by atoms with Gasteiger partial charge in [0.15, 0.2) is 0 Å². The van der Waals surface area contributed by atoms with Crippen LogP contribution < -0.4 is 9.20 Å². The van der Waals surface area contributed by atoms with E-state index in [1.54, 1.807) is 10.0 Å². The Morgan fingerprint density at radius 1 is 1.00 bits per heavy atom. The third-order valence-electron chi connectivity index (χ3n) is 7.22. The zero-order valence-electron chi connectivity index (χ0n) is 16.0. The van der Waals surface area contributed by atoms with E-state index >= 15 is 0 Å². The van der Waals surface area contributed by atoms with Crippen LogP contribution >= 0.6 is 0 Å². The van der Waals surface area contributed by atoms with Crippen molar-refractivity contribution in [1.29, 1.82) is 0 Å². The quantitative estimate of drug-likeness (QED) is 0.572. The molecule has 0 spiro atoms. The van der Waals surface area contributed by atoms with E-state index in [0.29, 0.717) is 25.2 Å². The average molecular weight is 490 g/mol. The molecule has 2 aromatic rings. The van der Waals surface area contributed by atoms with Gasteiger partial charge in [0, 0.05) is 0 Å². The summed E-state index contributed by atoms with van der Waals surface area (Å²) in [5.41, 5.74) is 4.59. The first-order valence-electron chi connectivity index (χ1n) is 10.3. The molecule has 0 heterocycles. The van der Waals surface area contributed by atoms with E-state index in [0.717, 1.165) is 17.8 Å². The first-order chi connectivity index (χ1) is 13.1. The molecule has 142 valence electrons. The van der Waals surface area contributed by atoms with Crippen molar-refractivity contribution < 1.29 is 4.74 Å². The van der Waals surface area contributed by atoms with Crippen LogP contribution in [0.4, 0.5) is 0 Å². The molecule has 3 heteroatoms. The van der Waals surface area contributed by atoms with Crippen LogP contribution in [0, 0.1) is 24.7 Å². The first kappa shape index (κ1) is 18.3. The van der Waals surface area contributed by atoms with Gasteiger partial charge in [-0.2, -0.15) is 0 Å². The number of hydrogen-bond donors (Lipinski definition) is 0. The third-order valence-corrected chi connectivity index (χ3v) is 10.7. The van der Waals surface area contributed by atoms with Crippen LogP contribution in [0.1, 0.15) is 55.2 Å². The van der Waals surface area contributed by atoms with Gasteiger partial charge in [-0.25, -0.2) is 0 Å². The Kier molecular flexibility index (Phi) is 4.93. The summed E-state index contributed by atoms with van der Waals surface area (Å²) >= 11 is 3.30. The molecule has 0 unspecified atom stereocenters. The van der Waals surface area contributed by atoms with E-state index in [2.05, 4.69) is 63.6 Å². The summed E-state index contributed by atoms with van der Waals surface area (Å²) < 4.78 is 8.04. The fourth-order valence-corrected chi connectivity index (χ4v) is 9.40. The van der Waals surface area contributed by atoms with Gasteiger partial charge in [0.2, 0.25) is 0 Å². The van der Waals surface area contributed by atoms with Gasteiger partial charge < -0.3 is 0 Å². The van der Waals surface area contributed by atoms with Crippen LogP contribution in [-0.4, -0.2) is 27.3 Å². The van der Waals surface area contributed by atoms with Gasteiger partial charge in [-0.3, -0.25) is 0 Å². The van der Waals surface area contributed by atoms with Crippen LogP contribution in [0.15, 0.2) is 42.5 Å². The molecule has 4 aliphatic rings. The average Bonchev–Trinajstić information content (AvgIpc) is 2.66. The molecule has 4 bridgehead atoms. The molecule has 0 atom stereocenters. The Labute approximate surface area is 176 Å². The fourth-order valence-electron chi connectivity index (χ4n) is 6.47. The first-order valence-corrected chi connectivity index (χ1v) is 15.9. The van der Waals surface area contributed by atoms with Crippen LogP contribution in [0.3, 0.4) is 0 Å². The molecule has 4 aliphatic carbocycles. The van der Waals surface area contributed by atoms with Gasteiger partial charge in [0.1, 0.15) is 0 Å².